The molecule has 5 heteroatoms. The first kappa shape index (κ1) is 13.4. The van der Waals surface area contributed by atoms with E-state index in [4.69, 9.17) is 4.74 Å². The first-order valence-corrected chi connectivity index (χ1v) is 6.84. The van der Waals surface area contributed by atoms with Gasteiger partial charge < -0.3 is 19.5 Å². The second-order valence-electron chi connectivity index (χ2n) is 4.70. The van der Waals surface area contributed by atoms with Gasteiger partial charge in [0.05, 0.1) is 6.61 Å². The van der Waals surface area contributed by atoms with Gasteiger partial charge in [0.2, 0.25) is 5.95 Å². The standard InChI is InChI=1S/C13H24N4O/c1-3-16-9-6-15-13(16)17-8-4-5-12(17)11-14-7-10-18-2/h6,9,12,14H,3-5,7-8,10-11H2,1-2H3. The van der Waals surface area contributed by atoms with Gasteiger partial charge in [-0.1, -0.05) is 0 Å². The monoisotopic (exact) mass is 252 g/mol. The van der Waals surface area contributed by atoms with Gasteiger partial charge in [-0.25, -0.2) is 4.98 Å². The molecule has 1 atom stereocenters. The summed E-state index contributed by atoms with van der Waals surface area (Å²) in [5.41, 5.74) is 0. The molecule has 1 aromatic heterocycles. The van der Waals surface area contributed by atoms with E-state index in [-0.39, 0.29) is 0 Å². The van der Waals surface area contributed by atoms with Gasteiger partial charge in [-0.15, -0.1) is 0 Å². The summed E-state index contributed by atoms with van der Waals surface area (Å²) in [6.45, 7) is 6.97. The molecule has 1 aromatic rings. The molecule has 0 bridgehead atoms. The summed E-state index contributed by atoms with van der Waals surface area (Å²) in [5, 5.41) is 3.45. The van der Waals surface area contributed by atoms with Crippen molar-refractivity contribution in [3.8, 4) is 0 Å². The van der Waals surface area contributed by atoms with Crippen LogP contribution in [0.3, 0.4) is 0 Å². The summed E-state index contributed by atoms with van der Waals surface area (Å²) in [7, 11) is 1.74. The quantitative estimate of drug-likeness (QED) is 0.738. The minimum Gasteiger partial charge on any atom is -0.383 e. The SMILES string of the molecule is CCn1ccnc1N1CCCC1CNCCOC. The van der Waals surface area contributed by atoms with Gasteiger partial charge in [0.1, 0.15) is 0 Å². The molecule has 1 fully saturated rings. The van der Waals surface area contributed by atoms with Crippen molar-refractivity contribution in [1.29, 1.82) is 0 Å². The number of ether oxygens (including phenoxy) is 1. The van der Waals surface area contributed by atoms with Gasteiger partial charge in [-0.05, 0) is 19.8 Å². The van der Waals surface area contributed by atoms with Crippen LogP contribution in [0.15, 0.2) is 12.4 Å². The maximum Gasteiger partial charge on any atom is 0.205 e. The molecule has 2 heterocycles. The predicted molar refractivity (Wildman–Crippen MR) is 73.0 cm³/mol. The molecule has 1 N–H and O–H groups in total. The van der Waals surface area contributed by atoms with Gasteiger partial charge >= 0.3 is 0 Å². The van der Waals surface area contributed by atoms with Crippen molar-refractivity contribution >= 4 is 5.95 Å². The van der Waals surface area contributed by atoms with E-state index in [1.54, 1.807) is 7.11 Å². The fourth-order valence-corrected chi connectivity index (χ4v) is 2.56. The lowest BCUT2D eigenvalue weighted by atomic mass is 10.2. The number of aromatic nitrogens is 2. The molecule has 5 nitrogen and oxygen atoms in total. The molecule has 1 aliphatic heterocycles. The van der Waals surface area contributed by atoms with Crippen LogP contribution in [-0.4, -0.2) is 48.9 Å². The molecule has 0 aromatic carbocycles. The zero-order valence-electron chi connectivity index (χ0n) is 11.4. The molecular formula is C13H24N4O. The Morgan fingerprint density at radius 3 is 3.22 bits per heavy atom. The van der Waals surface area contributed by atoms with Crippen LogP contribution in [0.1, 0.15) is 19.8 Å². The highest BCUT2D eigenvalue weighted by molar-refractivity contribution is 5.35. The van der Waals surface area contributed by atoms with Crippen LogP contribution in [0.25, 0.3) is 0 Å². The van der Waals surface area contributed by atoms with E-state index in [0.29, 0.717) is 6.04 Å². The van der Waals surface area contributed by atoms with Gasteiger partial charge in [0, 0.05) is 51.7 Å². The Balaban J connectivity index is 1.91. The third kappa shape index (κ3) is 3.03. The number of nitrogens with one attached hydrogen (secondary N) is 1. The Kier molecular flexibility index (Phi) is 5.01. The fraction of sp³-hybridized carbons (Fsp3) is 0.769. The van der Waals surface area contributed by atoms with E-state index in [1.165, 1.54) is 12.8 Å². The van der Waals surface area contributed by atoms with Crippen LogP contribution < -0.4 is 10.2 Å². The highest BCUT2D eigenvalue weighted by Gasteiger charge is 2.26. The second kappa shape index (κ2) is 6.75. The van der Waals surface area contributed by atoms with Crippen molar-refractivity contribution in [2.45, 2.75) is 32.4 Å². The summed E-state index contributed by atoms with van der Waals surface area (Å²) in [5.74, 6) is 1.12. The van der Waals surface area contributed by atoms with E-state index in [2.05, 4.69) is 32.9 Å². The highest BCUT2D eigenvalue weighted by Crippen LogP contribution is 2.23. The third-order valence-electron chi connectivity index (χ3n) is 3.53. The van der Waals surface area contributed by atoms with Crippen LogP contribution in [0, 0.1) is 0 Å². The molecule has 2 rings (SSSR count). The number of imidazole rings is 1. The predicted octanol–water partition coefficient (Wildman–Crippen LogP) is 1.11. The van der Waals surface area contributed by atoms with Gasteiger partial charge in [0.15, 0.2) is 0 Å². The molecule has 1 aliphatic rings. The zero-order chi connectivity index (χ0) is 12.8. The van der Waals surface area contributed by atoms with Gasteiger partial charge in [-0.3, -0.25) is 0 Å². The van der Waals surface area contributed by atoms with E-state index >= 15 is 0 Å². The molecule has 0 spiro atoms. The smallest absolute Gasteiger partial charge is 0.205 e. The van der Waals surface area contributed by atoms with Gasteiger partial charge in [0.25, 0.3) is 0 Å². The number of hydrogen-bond acceptors (Lipinski definition) is 4. The minimum absolute atomic E-state index is 0.564. The molecular weight excluding hydrogens is 228 g/mol. The summed E-state index contributed by atoms with van der Waals surface area (Å²) in [6.07, 6.45) is 6.46. The summed E-state index contributed by atoms with van der Waals surface area (Å²) in [6, 6.07) is 0.564. The van der Waals surface area contributed by atoms with Crippen molar-refractivity contribution in [3.05, 3.63) is 12.4 Å². The van der Waals surface area contributed by atoms with Gasteiger partial charge in [-0.2, -0.15) is 0 Å². The van der Waals surface area contributed by atoms with Crippen molar-refractivity contribution < 1.29 is 4.74 Å². The van der Waals surface area contributed by atoms with Crippen LogP contribution in [-0.2, 0) is 11.3 Å². The average molecular weight is 252 g/mol. The topological polar surface area (TPSA) is 42.3 Å². The van der Waals surface area contributed by atoms with E-state index < -0.39 is 0 Å². The summed E-state index contributed by atoms with van der Waals surface area (Å²) >= 11 is 0. The largest absolute Gasteiger partial charge is 0.383 e. The first-order valence-electron chi connectivity index (χ1n) is 6.84. The highest BCUT2D eigenvalue weighted by atomic mass is 16.5. The lowest BCUT2D eigenvalue weighted by Gasteiger charge is -2.26. The Morgan fingerprint density at radius 2 is 2.44 bits per heavy atom. The van der Waals surface area contributed by atoms with Crippen molar-refractivity contribution in [2.75, 3.05) is 38.3 Å². The van der Waals surface area contributed by atoms with Crippen molar-refractivity contribution in [3.63, 3.8) is 0 Å². The lowest BCUT2D eigenvalue weighted by Crippen LogP contribution is -2.40. The number of anilines is 1. The lowest BCUT2D eigenvalue weighted by molar-refractivity contribution is 0.199. The maximum absolute atomic E-state index is 5.05. The van der Waals surface area contributed by atoms with E-state index in [9.17, 15) is 0 Å². The Bertz CT molecular complexity index is 353. The van der Waals surface area contributed by atoms with Crippen LogP contribution >= 0.6 is 0 Å². The van der Waals surface area contributed by atoms with Crippen molar-refractivity contribution in [1.82, 2.24) is 14.9 Å². The number of methoxy groups -OCH3 is 1. The minimum atomic E-state index is 0.564. The molecule has 0 amide bonds. The number of rotatable bonds is 7. The second-order valence-corrected chi connectivity index (χ2v) is 4.70. The average Bonchev–Trinajstić information content (AvgIpc) is 3.02. The Morgan fingerprint density at radius 1 is 1.56 bits per heavy atom. The zero-order valence-corrected chi connectivity index (χ0v) is 11.4. The van der Waals surface area contributed by atoms with E-state index in [0.717, 1.165) is 38.7 Å². The molecule has 18 heavy (non-hydrogen) atoms. The van der Waals surface area contributed by atoms with Crippen LogP contribution in [0.2, 0.25) is 0 Å². The number of nitrogens with zero attached hydrogens (tertiary/aromatic N) is 3. The molecule has 1 saturated heterocycles. The van der Waals surface area contributed by atoms with E-state index in [1.807, 2.05) is 6.20 Å². The fourth-order valence-electron chi connectivity index (χ4n) is 2.56. The molecule has 102 valence electrons. The maximum atomic E-state index is 5.05. The number of hydrogen-bond donors (Lipinski definition) is 1. The van der Waals surface area contributed by atoms with Crippen LogP contribution in [0.4, 0.5) is 5.95 Å². The number of aryl methyl sites for hydroxylation is 1. The summed E-state index contributed by atoms with van der Waals surface area (Å²) < 4.78 is 7.27. The first-order chi connectivity index (χ1) is 8.86. The molecule has 0 aliphatic carbocycles. The molecule has 1 unspecified atom stereocenters. The normalized spacial score (nSPS) is 19.7. The Hall–Kier alpha value is -1.07. The summed E-state index contributed by atoms with van der Waals surface area (Å²) in [4.78, 5) is 6.93. The molecule has 0 radical (unpaired) electrons. The Labute approximate surface area is 109 Å². The van der Waals surface area contributed by atoms with Crippen LogP contribution in [0.5, 0.6) is 0 Å². The third-order valence-corrected chi connectivity index (χ3v) is 3.53. The molecule has 0 saturated carbocycles. The van der Waals surface area contributed by atoms with Crippen molar-refractivity contribution in [2.24, 2.45) is 0 Å².